The summed E-state index contributed by atoms with van der Waals surface area (Å²) in [5, 5.41) is 8.14. The zero-order valence-electron chi connectivity index (χ0n) is 25.3. The lowest BCUT2D eigenvalue weighted by Gasteiger charge is -2.14. The van der Waals surface area contributed by atoms with Crippen LogP contribution in [0.15, 0.2) is 133 Å². The van der Waals surface area contributed by atoms with Crippen molar-refractivity contribution >= 4 is 41.0 Å². The van der Waals surface area contributed by atoms with Gasteiger partial charge in [-0.2, -0.15) is 0 Å². The Hall–Kier alpha value is -6.08. The van der Waals surface area contributed by atoms with Crippen molar-refractivity contribution in [2.24, 2.45) is 0 Å². The van der Waals surface area contributed by atoms with Gasteiger partial charge in [0.25, 0.3) is 0 Å². The first kappa shape index (κ1) is 31.3. The fraction of sp³-hybridized carbons (Fsp3) is 0.0769. The molecule has 228 valence electrons. The molecule has 0 spiro atoms. The average molecular weight is 608 g/mol. The molecule has 0 aliphatic heterocycles. The summed E-state index contributed by atoms with van der Waals surface area (Å²) in [7, 11) is 0. The molecule has 7 nitrogen and oxygen atoms in total. The monoisotopic (exact) mass is 607 g/mol. The summed E-state index contributed by atoms with van der Waals surface area (Å²) in [6.07, 6.45) is 3.19. The maximum Gasteiger partial charge on any atom is 0.244 e. The highest BCUT2D eigenvalue weighted by atomic mass is 16.2. The number of ketones is 1. The molecule has 46 heavy (non-hydrogen) atoms. The molecule has 0 radical (unpaired) electrons. The Balaban J connectivity index is 1.21. The summed E-state index contributed by atoms with van der Waals surface area (Å²) in [4.78, 5) is 51.4. The number of anilines is 2. The highest BCUT2D eigenvalue weighted by Gasteiger charge is 2.17. The lowest BCUT2D eigenvalue weighted by Crippen LogP contribution is -2.31. The summed E-state index contributed by atoms with van der Waals surface area (Å²) < 4.78 is 0. The van der Waals surface area contributed by atoms with Crippen molar-refractivity contribution in [2.45, 2.75) is 13.3 Å². The van der Waals surface area contributed by atoms with Crippen molar-refractivity contribution in [3.05, 3.63) is 161 Å². The molecule has 0 aliphatic rings. The molecule has 5 rings (SSSR count). The van der Waals surface area contributed by atoms with Gasteiger partial charge in [-0.25, -0.2) is 0 Å². The van der Waals surface area contributed by atoms with Gasteiger partial charge in [-0.3, -0.25) is 19.2 Å². The van der Waals surface area contributed by atoms with E-state index < -0.39 is 11.8 Å². The topological polar surface area (TPSA) is 104 Å². The smallest absolute Gasteiger partial charge is 0.244 e. The summed E-state index contributed by atoms with van der Waals surface area (Å²) in [6.45, 7) is 1.71. The van der Waals surface area contributed by atoms with E-state index in [4.69, 9.17) is 0 Å². The van der Waals surface area contributed by atoms with Crippen LogP contribution in [0.25, 0.3) is 17.2 Å². The number of hydrogen-bond donors (Lipinski definition) is 3. The van der Waals surface area contributed by atoms with Gasteiger partial charge in [0.2, 0.25) is 17.7 Å². The molecule has 0 unspecified atom stereocenters. The normalized spacial score (nSPS) is 10.7. The van der Waals surface area contributed by atoms with Crippen LogP contribution in [0.3, 0.4) is 0 Å². The molecule has 7 heteroatoms. The minimum atomic E-state index is -0.469. The molecule has 0 saturated heterocycles. The molecule has 0 fully saturated rings. The number of aryl methyl sites for hydroxylation is 1. The van der Waals surface area contributed by atoms with Crippen molar-refractivity contribution in [2.75, 3.05) is 17.2 Å². The minimum absolute atomic E-state index is 0.144. The van der Waals surface area contributed by atoms with E-state index in [-0.39, 0.29) is 30.2 Å². The number of hydrogen-bond acceptors (Lipinski definition) is 4. The van der Waals surface area contributed by atoms with Crippen LogP contribution in [-0.2, 0) is 20.8 Å². The zero-order chi connectivity index (χ0) is 32.3. The number of carbonyl (C=O) groups excluding carboxylic acids is 4. The van der Waals surface area contributed by atoms with Gasteiger partial charge < -0.3 is 16.0 Å². The van der Waals surface area contributed by atoms with E-state index in [1.54, 1.807) is 42.5 Å². The van der Waals surface area contributed by atoms with E-state index in [2.05, 4.69) is 16.0 Å². The summed E-state index contributed by atoms with van der Waals surface area (Å²) in [6, 6.07) is 38.9. The van der Waals surface area contributed by atoms with E-state index in [0.29, 0.717) is 16.9 Å². The summed E-state index contributed by atoms with van der Waals surface area (Å²) in [5.74, 6) is -1.47. The first-order chi connectivity index (χ1) is 22.3. The third-order valence-electron chi connectivity index (χ3n) is 7.21. The van der Waals surface area contributed by atoms with Crippen LogP contribution >= 0.6 is 0 Å². The molecule has 0 atom stereocenters. The zero-order valence-corrected chi connectivity index (χ0v) is 25.3. The maximum absolute atomic E-state index is 13.4. The molecule has 0 bridgehead atoms. The molecule has 0 aromatic heterocycles. The second kappa shape index (κ2) is 15.1. The molecule has 3 N–H and O–H groups in total. The SMILES string of the molecule is Cc1ccc(CC(=O)Nc2ccc(NC(=O)CNC(=O)C=Cc3ccc(-c4ccccc4)cc3)cc2C(=O)c2ccccc2)cc1. The lowest BCUT2D eigenvalue weighted by atomic mass is 10.0. The predicted molar refractivity (Wildman–Crippen MR) is 182 cm³/mol. The van der Waals surface area contributed by atoms with Gasteiger partial charge >= 0.3 is 0 Å². The number of carbonyl (C=O) groups is 4. The van der Waals surface area contributed by atoms with Gasteiger partial charge in [0.05, 0.1) is 18.7 Å². The van der Waals surface area contributed by atoms with E-state index >= 15 is 0 Å². The van der Waals surface area contributed by atoms with Crippen LogP contribution in [0.4, 0.5) is 11.4 Å². The van der Waals surface area contributed by atoms with Crippen molar-refractivity contribution < 1.29 is 19.2 Å². The minimum Gasteiger partial charge on any atom is -0.343 e. The Morgan fingerprint density at radius 3 is 2.00 bits per heavy atom. The van der Waals surface area contributed by atoms with E-state index in [9.17, 15) is 19.2 Å². The summed E-state index contributed by atoms with van der Waals surface area (Å²) >= 11 is 0. The van der Waals surface area contributed by atoms with Gasteiger partial charge in [0.15, 0.2) is 5.78 Å². The van der Waals surface area contributed by atoms with Crippen molar-refractivity contribution in [1.29, 1.82) is 0 Å². The van der Waals surface area contributed by atoms with Gasteiger partial charge in [-0.05, 0) is 53.5 Å². The number of benzene rings is 5. The van der Waals surface area contributed by atoms with Crippen LogP contribution in [0.2, 0.25) is 0 Å². The van der Waals surface area contributed by atoms with Crippen LogP contribution in [0.1, 0.15) is 32.6 Å². The fourth-order valence-corrected chi connectivity index (χ4v) is 4.77. The van der Waals surface area contributed by atoms with E-state index in [0.717, 1.165) is 27.8 Å². The van der Waals surface area contributed by atoms with Crippen LogP contribution in [-0.4, -0.2) is 30.0 Å². The second-order valence-corrected chi connectivity index (χ2v) is 10.8. The van der Waals surface area contributed by atoms with Crippen LogP contribution in [0, 0.1) is 6.92 Å². The molecule has 0 aliphatic carbocycles. The average Bonchev–Trinajstić information content (AvgIpc) is 3.09. The maximum atomic E-state index is 13.4. The quantitative estimate of drug-likeness (QED) is 0.113. The largest absolute Gasteiger partial charge is 0.343 e. The Labute approximate surface area is 268 Å². The number of amides is 3. The van der Waals surface area contributed by atoms with E-state index in [1.165, 1.54) is 12.1 Å². The first-order valence-corrected chi connectivity index (χ1v) is 14.8. The Kier molecular flexibility index (Phi) is 10.3. The van der Waals surface area contributed by atoms with Crippen molar-refractivity contribution in [3.63, 3.8) is 0 Å². The van der Waals surface area contributed by atoms with Crippen LogP contribution in [0.5, 0.6) is 0 Å². The number of nitrogens with one attached hydrogen (secondary N) is 3. The highest BCUT2D eigenvalue weighted by Crippen LogP contribution is 2.25. The number of rotatable bonds is 11. The molecule has 0 saturated carbocycles. The Bertz CT molecular complexity index is 1870. The van der Waals surface area contributed by atoms with E-state index in [1.807, 2.05) is 91.9 Å². The van der Waals surface area contributed by atoms with Crippen molar-refractivity contribution in [1.82, 2.24) is 5.32 Å². The predicted octanol–water partition coefficient (Wildman–Crippen LogP) is 6.84. The fourth-order valence-electron chi connectivity index (χ4n) is 4.77. The van der Waals surface area contributed by atoms with Crippen LogP contribution < -0.4 is 16.0 Å². The molecule has 5 aromatic carbocycles. The molecule has 0 heterocycles. The first-order valence-electron chi connectivity index (χ1n) is 14.8. The lowest BCUT2D eigenvalue weighted by molar-refractivity contribution is -0.121. The molecule has 3 amide bonds. The third kappa shape index (κ3) is 8.74. The molecular formula is C39H33N3O4. The standard InChI is InChI=1S/C39H33N3O4/c1-27-12-14-29(15-13-27)24-37(44)42-35-22-21-33(25-34(35)39(46)32-10-6-3-7-11-32)41-38(45)26-40-36(43)23-18-28-16-19-31(20-17-28)30-8-4-2-5-9-30/h2-23,25H,24,26H2,1H3,(H,40,43)(H,41,45)(H,42,44). The highest BCUT2D eigenvalue weighted by molar-refractivity contribution is 6.14. The Morgan fingerprint density at radius 2 is 1.30 bits per heavy atom. The van der Waals surface area contributed by atoms with Gasteiger partial charge in [-0.1, -0.05) is 115 Å². The van der Waals surface area contributed by atoms with Gasteiger partial charge in [-0.15, -0.1) is 0 Å². The summed E-state index contributed by atoms with van der Waals surface area (Å²) in [5.41, 5.74) is 6.32. The third-order valence-corrected chi connectivity index (χ3v) is 7.21. The second-order valence-electron chi connectivity index (χ2n) is 10.8. The molecule has 5 aromatic rings. The van der Waals surface area contributed by atoms with Crippen molar-refractivity contribution in [3.8, 4) is 11.1 Å². The Morgan fingerprint density at radius 1 is 0.652 bits per heavy atom. The molecular weight excluding hydrogens is 574 g/mol. The van der Waals surface area contributed by atoms with Gasteiger partial charge in [0.1, 0.15) is 0 Å². The van der Waals surface area contributed by atoms with Gasteiger partial charge in [0, 0.05) is 22.9 Å².